The highest BCUT2D eigenvalue weighted by molar-refractivity contribution is 6.00. The molecule has 2 bridgehead atoms. The third kappa shape index (κ3) is 4.53. The monoisotopic (exact) mass is 491 g/mol. The molecule has 11 heteroatoms. The second-order valence-electron chi connectivity index (χ2n) is 9.99. The van der Waals surface area contributed by atoms with Gasteiger partial charge in [-0.15, -0.1) is 0 Å². The molecular formula is C25H33N9O2. The predicted molar refractivity (Wildman–Crippen MR) is 142 cm³/mol. The van der Waals surface area contributed by atoms with Gasteiger partial charge in [-0.05, 0) is 45.4 Å². The minimum Gasteiger partial charge on any atom is -0.493 e. The van der Waals surface area contributed by atoms with Crippen LogP contribution in [0.4, 0.5) is 28.8 Å². The fourth-order valence-corrected chi connectivity index (χ4v) is 4.88. The van der Waals surface area contributed by atoms with Gasteiger partial charge in [-0.3, -0.25) is 4.79 Å². The summed E-state index contributed by atoms with van der Waals surface area (Å²) in [7, 11) is 7.57. The molecule has 11 nitrogen and oxygen atoms in total. The lowest BCUT2D eigenvalue weighted by Gasteiger charge is -2.62. The number of aromatic nitrogens is 4. The number of ether oxygens (including phenoxy) is 1. The molecule has 190 valence electrons. The number of H-pyrrole nitrogens is 1. The van der Waals surface area contributed by atoms with Crippen molar-refractivity contribution in [3.63, 3.8) is 0 Å². The predicted octanol–water partition coefficient (Wildman–Crippen LogP) is 3.19. The number of hydrogen-bond donors (Lipinski definition) is 4. The van der Waals surface area contributed by atoms with E-state index in [9.17, 15) is 4.79 Å². The first kappa shape index (κ1) is 23.9. The molecule has 0 aromatic carbocycles. The molecular weight excluding hydrogens is 458 g/mol. The zero-order valence-corrected chi connectivity index (χ0v) is 21.2. The summed E-state index contributed by atoms with van der Waals surface area (Å²) in [4.78, 5) is 33.3. The minimum atomic E-state index is -0.345. The third-order valence-corrected chi connectivity index (χ3v) is 6.99. The number of hydrogen-bond acceptors (Lipinski definition) is 9. The van der Waals surface area contributed by atoms with Gasteiger partial charge < -0.3 is 35.5 Å². The van der Waals surface area contributed by atoms with Crippen molar-refractivity contribution in [2.45, 2.75) is 24.8 Å². The van der Waals surface area contributed by atoms with E-state index in [0.717, 1.165) is 35.9 Å². The van der Waals surface area contributed by atoms with Gasteiger partial charge in [0, 0.05) is 37.8 Å². The van der Waals surface area contributed by atoms with Gasteiger partial charge in [-0.25, -0.2) is 15.0 Å². The molecule has 3 aromatic heterocycles. The molecule has 0 atom stereocenters. The Kier molecular flexibility index (Phi) is 6.17. The lowest BCUT2D eigenvalue weighted by atomic mass is 9.50. The molecule has 3 aromatic rings. The van der Waals surface area contributed by atoms with Gasteiger partial charge in [0.15, 0.2) is 23.0 Å². The second kappa shape index (κ2) is 9.30. The van der Waals surface area contributed by atoms with Gasteiger partial charge >= 0.3 is 0 Å². The number of carbonyl (C=O) groups is 1. The third-order valence-electron chi connectivity index (χ3n) is 6.99. The number of rotatable bonds is 11. The van der Waals surface area contributed by atoms with Crippen LogP contribution >= 0.6 is 0 Å². The van der Waals surface area contributed by atoms with Gasteiger partial charge in [0.2, 0.25) is 5.91 Å². The van der Waals surface area contributed by atoms with E-state index in [4.69, 9.17) is 9.72 Å². The average Bonchev–Trinajstić information content (AvgIpc) is 3.27. The van der Waals surface area contributed by atoms with Crippen molar-refractivity contribution < 1.29 is 9.53 Å². The number of likely N-dealkylation sites (N-methyl/N-ethyl adjacent to an activating group) is 2. The normalized spacial score (nSPS) is 19.9. The number of carbonyl (C=O) groups excluding carboxylic acids is 1. The first-order valence-corrected chi connectivity index (χ1v) is 12.1. The number of imidazole rings is 1. The molecule has 3 fully saturated rings. The molecule has 0 saturated heterocycles. The summed E-state index contributed by atoms with van der Waals surface area (Å²) < 4.78 is 5.68. The number of nitrogens with zero attached hydrogens (tertiary/aromatic N) is 5. The summed E-state index contributed by atoms with van der Waals surface area (Å²) in [5.41, 5.74) is 3.36. The topological polar surface area (TPSA) is 123 Å². The Morgan fingerprint density at radius 3 is 2.64 bits per heavy atom. The molecule has 0 radical (unpaired) electrons. The summed E-state index contributed by atoms with van der Waals surface area (Å²) in [6, 6.07) is 3.82. The van der Waals surface area contributed by atoms with Crippen molar-refractivity contribution in [1.82, 2.24) is 24.8 Å². The van der Waals surface area contributed by atoms with Crippen LogP contribution in [0.5, 0.6) is 5.75 Å². The standard InChI is InChI=1S/C25H33N9O2/c1-6-20(35)30-22-17(34(4)8-7-33(2)3)10-18(36-5)23(31-22)28-19-9-16(21-24(29-19)27-14-26-21)32-25-11-15(12-25)13-25/h6,9-10,14-15H,1,7-8,11-13H2,2-5H3,(H4,26,27,28,29,30,31,32,35). The van der Waals surface area contributed by atoms with E-state index >= 15 is 0 Å². The highest BCUT2D eigenvalue weighted by Crippen LogP contribution is 2.58. The summed E-state index contributed by atoms with van der Waals surface area (Å²) >= 11 is 0. The lowest BCUT2D eigenvalue weighted by Crippen LogP contribution is -2.63. The van der Waals surface area contributed by atoms with Crippen molar-refractivity contribution >= 4 is 45.9 Å². The average molecular weight is 492 g/mol. The Hall–Kier alpha value is -3.86. The van der Waals surface area contributed by atoms with Crippen molar-refractivity contribution in [3.05, 3.63) is 31.1 Å². The Morgan fingerprint density at radius 2 is 2.00 bits per heavy atom. The summed E-state index contributed by atoms with van der Waals surface area (Å²) in [6.07, 6.45) is 6.49. The maximum absolute atomic E-state index is 12.2. The molecule has 3 aliphatic carbocycles. The van der Waals surface area contributed by atoms with Gasteiger partial charge in [0.25, 0.3) is 0 Å². The first-order chi connectivity index (χ1) is 17.3. The summed E-state index contributed by atoms with van der Waals surface area (Å²) in [6.45, 7) is 5.13. The van der Waals surface area contributed by atoms with Crippen LogP contribution in [-0.2, 0) is 4.79 Å². The van der Waals surface area contributed by atoms with Crippen LogP contribution in [0.25, 0.3) is 11.2 Å². The van der Waals surface area contributed by atoms with E-state index in [1.165, 1.54) is 25.3 Å². The molecule has 0 unspecified atom stereocenters. The van der Waals surface area contributed by atoms with Gasteiger partial charge in [-0.1, -0.05) is 6.58 Å². The molecule has 0 aliphatic heterocycles. The smallest absolute Gasteiger partial charge is 0.248 e. The first-order valence-electron chi connectivity index (χ1n) is 12.1. The maximum atomic E-state index is 12.2. The molecule has 3 heterocycles. The molecule has 6 rings (SSSR count). The van der Waals surface area contributed by atoms with Gasteiger partial charge in [-0.2, -0.15) is 0 Å². The number of anilines is 5. The molecule has 3 saturated carbocycles. The number of nitrogens with one attached hydrogen (secondary N) is 4. The largest absolute Gasteiger partial charge is 0.493 e. The highest BCUT2D eigenvalue weighted by Gasteiger charge is 2.56. The fraction of sp³-hybridized carbons (Fsp3) is 0.440. The van der Waals surface area contributed by atoms with Crippen molar-refractivity contribution in [2.24, 2.45) is 5.92 Å². The lowest BCUT2D eigenvalue weighted by molar-refractivity contribution is -0.111. The Bertz CT molecular complexity index is 1290. The Balaban J connectivity index is 1.48. The Labute approximate surface area is 210 Å². The van der Waals surface area contributed by atoms with Gasteiger partial charge in [0.1, 0.15) is 11.3 Å². The van der Waals surface area contributed by atoms with E-state index in [1.807, 2.05) is 38.2 Å². The zero-order valence-electron chi connectivity index (χ0n) is 21.2. The maximum Gasteiger partial charge on any atom is 0.248 e. The SMILES string of the molecule is C=CC(=O)Nc1nc(Nc2cc(NC34CC(C3)C4)c3[nH]cnc3n2)c(OC)cc1N(C)CCN(C)C. The summed E-state index contributed by atoms with van der Waals surface area (Å²) in [5, 5.41) is 9.82. The molecule has 36 heavy (non-hydrogen) atoms. The van der Waals surface area contributed by atoms with Crippen molar-refractivity contribution in [2.75, 3.05) is 62.2 Å². The van der Waals surface area contributed by atoms with Gasteiger partial charge in [0.05, 0.1) is 24.8 Å². The molecule has 0 spiro atoms. The summed E-state index contributed by atoms with van der Waals surface area (Å²) in [5.74, 6) is 2.45. The van der Waals surface area contributed by atoms with Crippen LogP contribution in [0.2, 0.25) is 0 Å². The fourth-order valence-electron chi connectivity index (χ4n) is 4.88. The number of pyridine rings is 2. The molecule has 1 amide bonds. The van der Waals surface area contributed by atoms with E-state index in [-0.39, 0.29) is 11.4 Å². The second-order valence-corrected chi connectivity index (χ2v) is 9.99. The highest BCUT2D eigenvalue weighted by atomic mass is 16.5. The molecule has 4 N–H and O–H groups in total. The van der Waals surface area contributed by atoms with E-state index < -0.39 is 0 Å². The zero-order chi connectivity index (χ0) is 25.4. The van der Waals surface area contributed by atoms with E-state index in [1.54, 1.807) is 13.4 Å². The number of fused-ring (bicyclic) bond motifs is 1. The van der Waals surface area contributed by atoms with Crippen LogP contribution in [0.1, 0.15) is 19.3 Å². The number of aromatic amines is 1. The van der Waals surface area contributed by atoms with Crippen molar-refractivity contribution in [3.8, 4) is 5.75 Å². The number of methoxy groups -OCH3 is 1. The van der Waals surface area contributed by atoms with Crippen molar-refractivity contribution in [1.29, 1.82) is 0 Å². The Morgan fingerprint density at radius 1 is 1.22 bits per heavy atom. The van der Waals surface area contributed by atoms with E-state index in [0.29, 0.717) is 28.9 Å². The van der Waals surface area contributed by atoms with Crippen LogP contribution in [0, 0.1) is 5.92 Å². The molecule has 3 aliphatic rings. The number of amides is 1. The van der Waals surface area contributed by atoms with Crippen LogP contribution in [0.15, 0.2) is 31.1 Å². The van der Waals surface area contributed by atoms with E-state index in [2.05, 4.69) is 42.4 Å². The van der Waals surface area contributed by atoms with Crippen LogP contribution < -0.4 is 25.6 Å². The van der Waals surface area contributed by atoms with Crippen LogP contribution in [-0.4, -0.2) is 77.6 Å². The quantitative estimate of drug-likeness (QED) is 0.299. The minimum absolute atomic E-state index is 0.193. The van der Waals surface area contributed by atoms with Crippen LogP contribution in [0.3, 0.4) is 0 Å².